The van der Waals surface area contributed by atoms with Gasteiger partial charge in [-0.25, -0.2) is 4.98 Å². The van der Waals surface area contributed by atoms with Crippen molar-refractivity contribution in [3.63, 3.8) is 0 Å². The Labute approximate surface area is 221 Å². The normalized spacial score (nSPS) is 12.0. The predicted molar refractivity (Wildman–Crippen MR) is 159 cm³/mol. The summed E-state index contributed by atoms with van der Waals surface area (Å²) in [7, 11) is 0. The van der Waals surface area contributed by atoms with Crippen molar-refractivity contribution >= 4 is 54.6 Å². The third kappa shape index (κ3) is 3.73. The van der Waals surface area contributed by atoms with E-state index in [-0.39, 0.29) is 0 Å². The molecule has 0 spiro atoms. The first kappa shape index (κ1) is 22.9. The number of nitrogens with one attached hydrogen (secondary N) is 1. The van der Waals surface area contributed by atoms with Crippen LogP contribution in [0.1, 0.15) is 45.4 Å². The van der Waals surface area contributed by atoms with Crippen molar-refractivity contribution < 1.29 is 0 Å². The van der Waals surface area contributed by atoms with Crippen LogP contribution in [0.5, 0.6) is 0 Å². The summed E-state index contributed by atoms with van der Waals surface area (Å²) >= 11 is 0. The van der Waals surface area contributed by atoms with Gasteiger partial charge >= 0.3 is 0 Å². The van der Waals surface area contributed by atoms with Crippen LogP contribution in [0.2, 0.25) is 0 Å². The van der Waals surface area contributed by atoms with E-state index in [1.165, 1.54) is 60.3 Å². The average molecular weight is 498 g/mol. The number of hydrogen-bond donors (Lipinski definition) is 1. The number of aryl methyl sites for hydroxylation is 1. The minimum Gasteiger partial charge on any atom is -0.340 e. The molecule has 3 aromatic carbocycles. The third-order valence-electron chi connectivity index (χ3n) is 7.85. The van der Waals surface area contributed by atoms with Gasteiger partial charge in [-0.05, 0) is 55.0 Å². The molecule has 0 unspecified atom stereocenters. The molecular weight excluding hydrogens is 466 g/mol. The van der Waals surface area contributed by atoms with E-state index in [4.69, 9.17) is 4.98 Å². The third-order valence-corrected chi connectivity index (χ3v) is 7.85. The second-order valence-corrected chi connectivity index (χ2v) is 10.3. The number of unbranched alkanes of at least 4 members (excludes halogenated alkanes) is 5. The maximum absolute atomic E-state index is 5.11. The summed E-state index contributed by atoms with van der Waals surface area (Å²) in [5.41, 5.74) is 7.44. The monoisotopic (exact) mass is 497 g/mol. The van der Waals surface area contributed by atoms with Gasteiger partial charge in [-0.1, -0.05) is 57.2 Å². The Bertz CT molecular complexity index is 1850. The lowest BCUT2D eigenvalue weighted by Crippen LogP contribution is -1.97. The van der Waals surface area contributed by atoms with Gasteiger partial charge in [-0.2, -0.15) is 0 Å². The lowest BCUT2D eigenvalue weighted by atomic mass is 10.1. The lowest BCUT2D eigenvalue weighted by Gasteiger charge is -2.08. The number of aromatic amines is 1. The molecule has 0 saturated heterocycles. The highest BCUT2D eigenvalue weighted by atomic mass is 15.0. The van der Waals surface area contributed by atoms with Crippen molar-refractivity contribution in [1.29, 1.82) is 0 Å². The average Bonchev–Trinajstić information content (AvgIpc) is 3.55. The molecule has 38 heavy (non-hydrogen) atoms. The minimum atomic E-state index is 0.871. The quantitative estimate of drug-likeness (QED) is 0.169. The zero-order chi connectivity index (χ0) is 25.5. The zero-order valence-electron chi connectivity index (χ0n) is 21.7. The van der Waals surface area contributed by atoms with Crippen molar-refractivity contribution in [1.82, 2.24) is 24.5 Å². The topological polar surface area (TPSA) is 59.4 Å². The molecule has 188 valence electrons. The van der Waals surface area contributed by atoms with Gasteiger partial charge in [0.25, 0.3) is 0 Å². The van der Waals surface area contributed by atoms with Crippen LogP contribution >= 0.6 is 0 Å². The highest BCUT2D eigenvalue weighted by Crippen LogP contribution is 2.36. The molecule has 0 saturated carbocycles. The highest BCUT2D eigenvalue weighted by Gasteiger charge is 2.17. The number of para-hydroxylation sites is 1. The predicted octanol–water partition coefficient (Wildman–Crippen LogP) is 8.79. The molecule has 0 atom stereocenters. The van der Waals surface area contributed by atoms with E-state index < -0.39 is 0 Å². The molecule has 4 aromatic heterocycles. The first-order valence-electron chi connectivity index (χ1n) is 13.9. The standard InChI is InChI=1S/C33H31N5/c1-2-3-4-5-6-9-20-38-27-15-8-7-12-23(27)26-21-22(16-17-28(26)38)33-36-31-24-13-10-18-34-29(24)30-25(32(31)37-33)14-11-19-35-30/h7-8,10-19,21H,2-6,9,20H2,1H3,(H,36,37). The van der Waals surface area contributed by atoms with Crippen LogP contribution < -0.4 is 0 Å². The maximum Gasteiger partial charge on any atom is 0.138 e. The maximum atomic E-state index is 5.11. The summed E-state index contributed by atoms with van der Waals surface area (Å²) in [6, 6.07) is 23.7. The Hall–Kier alpha value is -4.25. The number of aromatic nitrogens is 5. The number of H-pyrrole nitrogens is 1. The van der Waals surface area contributed by atoms with Gasteiger partial charge in [0.05, 0.1) is 22.1 Å². The molecule has 7 aromatic rings. The van der Waals surface area contributed by atoms with Crippen molar-refractivity contribution in [2.75, 3.05) is 0 Å². The van der Waals surface area contributed by atoms with E-state index in [1.807, 2.05) is 24.5 Å². The second kappa shape index (κ2) is 9.56. The van der Waals surface area contributed by atoms with Gasteiger partial charge in [-0.15, -0.1) is 0 Å². The highest BCUT2D eigenvalue weighted by molar-refractivity contribution is 6.21. The molecule has 0 fully saturated rings. The van der Waals surface area contributed by atoms with Crippen LogP contribution in [-0.2, 0) is 6.54 Å². The molecule has 0 bridgehead atoms. The van der Waals surface area contributed by atoms with E-state index in [1.54, 1.807) is 0 Å². The van der Waals surface area contributed by atoms with Gasteiger partial charge in [0.15, 0.2) is 0 Å². The smallest absolute Gasteiger partial charge is 0.138 e. The molecule has 5 nitrogen and oxygen atoms in total. The summed E-state index contributed by atoms with van der Waals surface area (Å²) in [5, 5.41) is 4.65. The number of pyridine rings is 2. The molecule has 7 rings (SSSR count). The fourth-order valence-corrected chi connectivity index (χ4v) is 5.97. The van der Waals surface area contributed by atoms with Crippen LogP contribution in [0.15, 0.2) is 79.1 Å². The van der Waals surface area contributed by atoms with Crippen molar-refractivity contribution in [3.05, 3.63) is 79.1 Å². The largest absolute Gasteiger partial charge is 0.340 e. The Balaban J connectivity index is 1.34. The molecule has 4 heterocycles. The summed E-state index contributed by atoms with van der Waals surface area (Å²) in [4.78, 5) is 18.0. The lowest BCUT2D eigenvalue weighted by molar-refractivity contribution is 0.571. The zero-order valence-corrected chi connectivity index (χ0v) is 21.7. The number of nitrogens with zero attached hydrogens (tertiary/aromatic N) is 4. The molecule has 0 aliphatic rings. The van der Waals surface area contributed by atoms with Crippen molar-refractivity contribution in [2.24, 2.45) is 0 Å². The van der Waals surface area contributed by atoms with Crippen LogP contribution in [-0.4, -0.2) is 24.5 Å². The summed E-state index contributed by atoms with van der Waals surface area (Å²) in [6.45, 7) is 3.33. The number of benzene rings is 3. The van der Waals surface area contributed by atoms with Crippen LogP contribution in [0.25, 0.3) is 66.0 Å². The van der Waals surface area contributed by atoms with E-state index >= 15 is 0 Å². The Kier molecular flexibility index (Phi) is 5.77. The summed E-state index contributed by atoms with van der Waals surface area (Å²) in [5.74, 6) is 0.871. The number of hydrogen-bond acceptors (Lipinski definition) is 3. The van der Waals surface area contributed by atoms with Gasteiger partial charge in [0.1, 0.15) is 5.82 Å². The Morgan fingerprint density at radius 2 is 1.37 bits per heavy atom. The molecular formula is C33H31N5. The first-order chi connectivity index (χ1) is 18.8. The van der Waals surface area contributed by atoms with Gasteiger partial charge in [-0.3, -0.25) is 9.97 Å². The van der Waals surface area contributed by atoms with E-state index in [2.05, 4.69) is 81.0 Å². The Morgan fingerprint density at radius 1 is 0.658 bits per heavy atom. The SMILES string of the molecule is CCCCCCCCn1c2ccccc2c2cc(-c3nc4c5cccnc5c5ncccc5c4[nH]3)ccc21. The molecule has 0 radical (unpaired) electrons. The second-order valence-electron chi connectivity index (χ2n) is 10.3. The molecule has 1 N–H and O–H groups in total. The van der Waals surface area contributed by atoms with Crippen molar-refractivity contribution in [3.8, 4) is 11.4 Å². The van der Waals surface area contributed by atoms with Gasteiger partial charge in [0.2, 0.25) is 0 Å². The first-order valence-corrected chi connectivity index (χ1v) is 13.9. The fourth-order valence-electron chi connectivity index (χ4n) is 5.97. The number of fused-ring (bicyclic) bond motifs is 9. The number of rotatable bonds is 8. The van der Waals surface area contributed by atoms with Crippen molar-refractivity contribution in [2.45, 2.75) is 52.0 Å². The van der Waals surface area contributed by atoms with Gasteiger partial charge < -0.3 is 9.55 Å². The molecule has 0 aliphatic heterocycles. The minimum absolute atomic E-state index is 0.871. The summed E-state index contributed by atoms with van der Waals surface area (Å²) < 4.78 is 2.51. The van der Waals surface area contributed by atoms with E-state index in [0.717, 1.165) is 50.8 Å². The van der Waals surface area contributed by atoms with E-state index in [9.17, 15) is 0 Å². The van der Waals surface area contributed by atoms with Crippen LogP contribution in [0.3, 0.4) is 0 Å². The molecule has 5 heteroatoms. The van der Waals surface area contributed by atoms with Crippen LogP contribution in [0.4, 0.5) is 0 Å². The van der Waals surface area contributed by atoms with E-state index in [0.29, 0.717) is 0 Å². The molecule has 0 amide bonds. The Morgan fingerprint density at radius 3 is 2.24 bits per heavy atom. The fraction of sp³-hybridized carbons (Fsp3) is 0.242. The summed E-state index contributed by atoms with van der Waals surface area (Å²) in [6.07, 6.45) is 11.5. The van der Waals surface area contributed by atoms with Gasteiger partial charge in [0, 0.05) is 57.1 Å². The number of imidazole rings is 1. The van der Waals surface area contributed by atoms with Crippen LogP contribution in [0, 0.1) is 0 Å². The molecule has 0 aliphatic carbocycles.